The highest BCUT2D eigenvalue weighted by atomic mass is 32.2. The average Bonchev–Trinajstić information content (AvgIpc) is 2.35. The number of ether oxygens (including phenoxy) is 1. The van der Waals surface area contributed by atoms with Crippen LogP contribution in [-0.2, 0) is 14.9 Å². The molecule has 0 aromatic carbocycles. The highest BCUT2D eigenvalue weighted by molar-refractivity contribution is 7.86. The van der Waals surface area contributed by atoms with Gasteiger partial charge in [-0.25, -0.2) is 0 Å². The minimum absolute atomic E-state index is 0.398. The van der Waals surface area contributed by atoms with E-state index in [0.717, 1.165) is 12.8 Å². The third-order valence-corrected chi connectivity index (χ3v) is 6.15. The van der Waals surface area contributed by atoms with E-state index in [-0.39, 0.29) is 0 Å². The zero-order chi connectivity index (χ0) is 15.9. The van der Waals surface area contributed by atoms with Crippen LogP contribution in [0.15, 0.2) is 0 Å². The Kier molecular flexibility index (Phi) is 4.71. The van der Waals surface area contributed by atoms with Gasteiger partial charge in [-0.05, 0) is 53.0 Å². The Balaban J connectivity index is 2.12. The summed E-state index contributed by atoms with van der Waals surface area (Å²) in [5.74, 6) is 0.453. The van der Waals surface area contributed by atoms with E-state index < -0.39 is 21.4 Å². The van der Waals surface area contributed by atoms with Gasteiger partial charge >= 0.3 is 0 Å². The average molecular weight is 319 g/mol. The number of hydrogen-bond acceptors (Lipinski definition) is 4. The lowest BCUT2D eigenvalue weighted by atomic mass is 9.99. The largest absolute Gasteiger partial charge is 0.367 e. The number of morpholine rings is 1. The van der Waals surface area contributed by atoms with E-state index in [2.05, 4.69) is 0 Å². The van der Waals surface area contributed by atoms with Gasteiger partial charge < -0.3 is 10.5 Å². The van der Waals surface area contributed by atoms with Gasteiger partial charge in [0.1, 0.15) is 0 Å². The fourth-order valence-corrected chi connectivity index (χ4v) is 5.37. The predicted molar refractivity (Wildman–Crippen MR) is 83.1 cm³/mol. The number of rotatable bonds is 3. The maximum Gasteiger partial charge on any atom is 0.282 e. The predicted octanol–water partition coefficient (Wildman–Crippen LogP) is 0.791. The van der Waals surface area contributed by atoms with Gasteiger partial charge in [-0.2, -0.15) is 17.0 Å². The molecular formula is C14H29N3O3S. The Bertz CT molecular complexity index is 452. The quantitative estimate of drug-likeness (QED) is 0.834. The summed E-state index contributed by atoms with van der Waals surface area (Å²) >= 11 is 0. The van der Waals surface area contributed by atoms with Crippen LogP contribution in [0.25, 0.3) is 0 Å². The van der Waals surface area contributed by atoms with E-state index in [1.54, 1.807) is 8.61 Å². The Morgan fingerprint density at radius 3 is 1.95 bits per heavy atom. The molecule has 0 spiro atoms. The van der Waals surface area contributed by atoms with Crippen molar-refractivity contribution in [3.63, 3.8) is 0 Å². The molecule has 21 heavy (non-hydrogen) atoms. The molecule has 2 fully saturated rings. The Morgan fingerprint density at radius 1 is 1.05 bits per heavy atom. The molecule has 0 aromatic rings. The molecule has 2 N–H and O–H groups in total. The van der Waals surface area contributed by atoms with Crippen LogP contribution in [0.5, 0.6) is 0 Å². The lowest BCUT2D eigenvalue weighted by molar-refractivity contribution is -0.164. The van der Waals surface area contributed by atoms with Crippen LogP contribution in [0.2, 0.25) is 0 Å². The van der Waals surface area contributed by atoms with Crippen LogP contribution in [0, 0.1) is 5.92 Å². The second kappa shape index (κ2) is 5.77. The molecule has 0 aliphatic carbocycles. The SMILES string of the molecule is CC1(C)CN(S(=O)(=O)N2CCC(CN)CC2)CC(C)(C)O1. The van der Waals surface area contributed by atoms with Crippen molar-refractivity contribution >= 4 is 10.2 Å². The maximum absolute atomic E-state index is 12.9. The van der Waals surface area contributed by atoms with E-state index >= 15 is 0 Å². The summed E-state index contributed by atoms with van der Waals surface area (Å²) < 4.78 is 34.9. The summed E-state index contributed by atoms with van der Waals surface area (Å²) in [5.41, 5.74) is 4.74. The van der Waals surface area contributed by atoms with Gasteiger partial charge in [0, 0.05) is 26.2 Å². The summed E-state index contributed by atoms with van der Waals surface area (Å²) in [7, 11) is -3.41. The van der Waals surface area contributed by atoms with Gasteiger partial charge in [-0.1, -0.05) is 0 Å². The van der Waals surface area contributed by atoms with Crippen molar-refractivity contribution in [1.82, 2.24) is 8.61 Å². The fourth-order valence-electron chi connectivity index (χ4n) is 3.42. The smallest absolute Gasteiger partial charge is 0.282 e. The molecule has 0 saturated carbocycles. The monoisotopic (exact) mass is 319 g/mol. The van der Waals surface area contributed by atoms with Crippen molar-refractivity contribution < 1.29 is 13.2 Å². The lowest BCUT2D eigenvalue weighted by Gasteiger charge is -2.47. The number of piperidine rings is 1. The van der Waals surface area contributed by atoms with Gasteiger partial charge in [0.25, 0.3) is 10.2 Å². The molecule has 0 radical (unpaired) electrons. The highest BCUT2D eigenvalue weighted by Crippen LogP contribution is 2.31. The summed E-state index contributed by atoms with van der Waals surface area (Å²) in [6.45, 7) is 10.4. The lowest BCUT2D eigenvalue weighted by Crippen LogP contribution is -2.61. The van der Waals surface area contributed by atoms with Crippen LogP contribution >= 0.6 is 0 Å². The van der Waals surface area contributed by atoms with E-state index in [9.17, 15) is 8.42 Å². The second-order valence-electron chi connectivity index (χ2n) is 7.48. The Morgan fingerprint density at radius 2 is 1.52 bits per heavy atom. The summed E-state index contributed by atoms with van der Waals surface area (Å²) in [5, 5.41) is 0. The van der Waals surface area contributed by atoms with Crippen molar-refractivity contribution in [2.45, 2.75) is 51.7 Å². The first-order chi connectivity index (χ1) is 9.56. The van der Waals surface area contributed by atoms with E-state index in [0.29, 0.717) is 38.6 Å². The zero-order valence-electron chi connectivity index (χ0n) is 13.6. The maximum atomic E-state index is 12.9. The molecule has 0 atom stereocenters. The molecule has 6 nitrogen and oxygen atoms in total. The van der Waals surface area contributed by atoms with Gasteiger partial charge in [0.05, 0.1) is 11.2 Å². The van der Waals surface area contributed by atoms with Crippen molar-refractivity contribution in [2.24, 2.45) is 11.7 Å². The normalized spacial score (nSPS) is 28.6. The Hall–Kier alpha value is -0.210. The molecule has 0 aromatic heterocycles. The molecular weight excluding hydrogens is 290 g/mol. The molecule has 0 amide bonds. The molecule has 2 aliphatic rings. The molecule has 2 aliphatic heterocycles. The van der Waals surface area contributed by atoms with E-state index in [1.165, 1.54) is 0 Å². The van der Waals surface area contributed by atoms with Crippen LogP contribution in [0.1, 0.15) is 40.5 Å². The molecule has 2 saturated heterocycles. The van der Waals surface area contributed by atoms with Crippen molar-refractivity contribution in [3.05, 3.63) is 0 Å². The minimum atomic E-state index is -3.41. The third-order valence-electron chi connectivity index (χ3n) is 4.23. The Labute approximate surface area is 128 Å². The van der Waals surface area contributed by atoms with Crippen molar-refractivity contribution in [2.75, 3.05) is 32.7 Å². The summed E-state index contributed by atoms with van der Waals surface area (Å²) in [6.07, 6.45) is 1.71. The van der Waals surface area contributed by atoms with Crippen molar-refractivity contribution in [3.8, 4) is 0 Å². The van der Waals surface area contributed by atoms with Gasteiger partial charge in [-0.3, -0.25) is 0 Å². The highest BCUT2D eigenvalue weighted by Gasteiger charge is 2.44. The number of nitrogens with two attached hydrogens (primary N) is 1. The number of hydrogen-bond donors (Lipinski definition) is 1. The van der Waals surface area contributed by atoms with Crippen molar-refractivity contribution in [1.29, 1.82) is 0 Å². The van der Waals surface area contributed by atoms with Crippen LogP contribution in [-0.4, -0.2) is 61.0 Å². The zero-order valence-corrected chi connectivity index (χ0v) is 14.4. The van der Waals surface area contributed by atoms with E-state index in [4.69, 9.17) is 10.5 Å². The topological polar surface area (TPSA) is 75.9 Å². The van der Waals surface area contributed by atoms with Gasteiger partial charge in [0.15, 0.2) is 0 Å². The molecule has 2 rings (SSSR count). The van der Waals surface area contributed by atoms with Crippen LogP contribution in [0.3, 0.4) is 0 Å². The standard InChI is InChI=1S/C14H29N3O3S/c1-13(2)10-17(11-14(3,4)20-13)21(18,19)16-7-5-12(9-15)6-8-16/h12H,5-11,15H2,1-4H3. The molecule has 124 valence electrons. The van der Waals surface area contributed by atoms with Crippen LogP contribution < -0.4 is 5.73 Å². The van der Waals surface area contributed by atoms with Crippen LogP contribution in [0.4, 0.5) is 0 Å². The minimum Gasteiger partial charge on any atom is -0.367 e. The molecule has 0 unspecified atom stereocenters. The first-order valence-corrected chi connectivity index (χ1v) is 9.11. The van der Waals surface area contributed by atoms with E-state index in [1.807, 2.05) is 27.7 Å². The first kappa shape index (κ1) is 17.1. The molecule has 2 heterocycles. The summed E-state index contributed by atoms with van der Waals surface area (Å²) in [6, 6.07) is 0. The van der Waals surface area contributed by atoms with Gasteiger partial charge in [0.2, 0.25) is 0 Å². The molecule has 0 bridgehead atoms. The number of nitrogens with zero attached hydrogens (tertiary/aromatic N) is 2. The van der Waals surface area contributed by atoms with Gasteiger partial charge in [-0.15, -0.1) is 0 Å². The molecule has 7 heteroatoms. The summed E-state index contributed by atoms with van der Waals surface area (Å²) in [4.78, 5) is 0. The fraction of sp³-hybridized carbons (Fsp3) is 1.00. The first-order valence-electron chi connectivity index (χ1n) is 7.71. The second-order valence-corrected chi connectivity index (χ2v) is 9.40. The third kappa shape index (κ3) is 3.96.